The molecule has 86 valence electrons. The quantitative estimate of drug-likeness (QED) is 0.776. The lowest BCUT2D eigenvalue weighted by Crippen LogP contribution is -2.35. The van der Waals surface area contributed by atoms with Gasteiger partial charge in [0.2, 0.25) is 0 Å². The number of halogens is 1. The number of nitrogens with zero attached hydrogens (tertiary/aromatic N) is 1. The highest BCUT2D eigenvalue weighted by Crippen LogP contribution is 2.13. The predicted octanol–water partition coefficient (Wildman–Crippen LogP) is 2.30. The van der Waals surface area contributed by atoms with E-state index in [4.69, 9.17) is 4.74 Å². The van der Waals surface area contributed by atoms with Crippen molar-refractivity contribution in [3.8, 4) is 0 Å². The van der Waals surface area contributed by atoms with E-state index in [2.05, 4.69) is 11.5 Å². The van der Waals surface area contributed by atoms with Gasteiger partial charge in [0.1, 0.15) is 5.82 Å². The van der Waals surface area contributed by atoms with Crippen molar-refractivity contribution in [3.63, 3.8) is 0 Å². The summed E-state index contributed by atoms with van der Waals surface area (Å²) in [6.45, 7) is 7.74. The van der Waals surface area contributed by atoms with E-state index >= 15 is 0 Å². The highest BCUT2D eigenvalue weighted by molar-refractivity contribution is 5.48. The summed E-state index contributed by atoms with van der Waals surface area (Å²) in [5, 5.41) is 0. The summed E-state index contributed by atoms with van der Waals surface area (Å²) in [5.41, 5.74) is 1.57. The Morgan fingerprint density at radius 3 is 2.75 bits per heavy atom. The van der Waals surface area contributed by atoms with Crippen LogP contribution in [0.4, 0.5) is 4.39 Å². The van der Waals surface area contributed by atoms with Gasteiger partial charge in [0.05, 0.1) is 13.2 Å². The second kappa shape index (κ2) is 5.23. The Balaban J connectivity index is 2.03. The minimum atomic E-state index is -0.194. The minimum absolute atomic E-state index is 0.194. The first-order valence-electron chi connectivity index (χ1n) is 5.50. The first kappa shape index (κ1) is 11.3. The number of hydrogen-bond donors (Lipinski definition) is 0. The van der Waals surface area contributed by atoms with Crippen molar-refractivity contribution in [2.75, 3.05) is 26.3 Å². The van der Waals surface area contributed by atoms with Crippen LogP contribution in [0.25, 0.3) is 6.08 Å². The maximum Gasteiger partial charge on any atom is 0.130 e. The average molecular weight is 221 g/mol. The van der Waals surface area contributed by atoms with E-state index in [1.165, 1.54) is 6.08 Å². The fourth-order valence-electron chi connectivity index (χ4n) is 1.85. The standard InChI is InChI=1S/C13H16FNO/c1-2-12-4-3-11(9-13(12)14)10-15-5-7-16-8-6-15/h2-4,9H,1,5-8,10H2. The predicted molar refractivity (Wildman–Crippen MR) is 62.6 cm³/mol. The molecular formula is C13H16FNO. The normalized spacial score (nSPS) is 17.3. The lowest BCUT2D eigenvalue weighted by molar-refractivity contribution is 0.0341. The molecule has 1 heterocycles. The van der Waals surface area contributed by atoms with Crippen molar-refractivity contribution in [1.29, 1.82) is 0 Å². The Hall–Kier alpha value is -1.19. The maximum absolute atomic E-state index is 13.5. The van der Waals surface area contributed by atoms with Gasteiger partial charge in [-0.1, -0.05) is 24.8 Å². The van der Waals surface area contributed by atoms with Crippen LogP contribution in [0.3, 0.4) is 0 Å². The van der Waals surface area contributed by atoms with Crippen molar-refractivity contribution in [2.24, 2.45) is 0 Å². The van der Waals surface area contributed by atoms with E-state index in [0.29, 0.717) is 5.56 Å². The first-order valence-corrected chi connectivity index (χ1v) is 5.50. The largest absolute Gasteiger partial charge is 0.379 e. The van der Waals surface area contributed by atoms with Gasteiger partial charge in [-0.25, -0.2) is 4.39 Å². The number of ether oxygens (including phenoxy) is 1. The second-order valence-corrected chi connectivity index (χ2v) is 3.95. The molecule has 2 nitrogen and oxygen atoms in total. The van der Waals surface area contributed by atoms with Crippen LogP contribution < -0.4 is 0 Å². The van der Waals surface area contributed by atoms with Crippen LogP contribution in [0.15, 0.2) is 24.8 Å². The molecule has 0 aliphatic carbocycles. The van der Waals surface area contributed by atoms with Gasteiger partial charge >= 0.3 is 0 Å². The van der Waals surface area contributed by atoms with Crippen LogP contribution in [0.5, 0.6) is 0 Å². The molecule has 0 radical (unpaired) electrons. The van der Waals surface area contributed by atoms with Crippen molar-refractivity contribution in [1.82, 2.24) is 4.90 Å². The third-order valence-corrected chi connectivity index (χ3v) is 2.79. The zero-order valence-electron chi connectivity index (χ0n) is 9.29. The third-order valence-electron chi connectivity index (χ3n) is 2.79. The Kier molecular flexibility index (Phi) is 3.70. The number of rotatable bonds is 3. The van der Waals surface area contributed by atoms with Crippen LogP contribution in [-0.4, -0.2) is 31.2 Å². The molecule has 1 aromatic carbocycles. The van der Waals surface area contributed by atoms with E-state index in [1.807, 2.05) is 6.07 Å². The number of hydrogen-bond acceptors (Lipinski definition) is 2. The molecule has 3 heteroatoms. The van der Waals surface area contributed by atoms with Crippen LogP contribution in [-0.2, 0) is 11.3 Å². The lowest BCUT2D eigenvalue weighted by Gasteiger charge is -2.26. The van der Waals surface area contributed by atoms with Crippen LogP contribution in [0.1, 0.15) is 11.1 Å². The van der Waals surface area contributed by atoms with Gasteiger partial charge in [0.25, 0.3) is 0 Å². The Bertz CT molecular complexity index is 372. The molecule has 1 aliphatic heterocycles. The molecule has 0 atom stereocenters. The van der Waals surface area contributed by atoms with Crippen molar-refractivity contribution in [3.05, 3.63) is 41.7 Å². The molecule has 1 aromatic rings. The molecule has 16 heavy (non-hydrogen) atoms. The van der Waals surface area contributed by atoms with Crippen LogP contribution in [0, 0.1) is 5.82 Å². The summed E-state index contributed by atoms with van der Waals surface area (Å²) < 4.78 is 18.8. The number of benzene rings is 1. The topological polar surface area (TPSA) is 12.5 Å². The van der Waals surface area contributed by atoms with Crippen LogP contribution >= 0.6 is 0 Å². The summed E-state index contributed by atoms with van der Waals surface area (Å²) in [4.78, 5) is 2.27. The Morgan fingerprint density at radius 2 is 2.12 bits per heavy atom. The van der Waals surface area contributed by atoms with Crippen molar-refractivity contribution < 1.29 is 9.13 Å². The summed E-state index contributed by atoms with van der Waals surface area (Å²) in [6.07, 6.45) is 1.54. The Labute approximate surface area is 95.3 Å². The molecule has 0 N–H and O–H groups in total. The van der Waals surface area contributed by atoms with Crippen molar-refractivity contribution >= 4 is 6.08 Å². The molecule has 0 amide bonds. The van der Waals surface area contributed by atoms with Gasteiger partial charge in [-0.3, -0.25) is 4.90 Å². The highest BCUT2D eigenvalue weighted by atomic mass is 19.1. The molecule has 0 bridgehead atoms. The van der Waals surface area contributed by atoms with E-state index < -0.39 is 0 Å². The highest BCUT2D eigenvalue weighted by Gasteiger charge is 2.11. The fourth-order valence-corrected chi connectivity index (χ4v) is 1.85. The second-order valence-electron chi connectivity index (χ2n) is 3.95. The average Bonchev–Trinajstić information content (AvgIpc) is 2.31. The van der Waals surface area contributed by atoms with Gasteiger partial charge in [0, 0.05) is 25.2 Å². The SMILES string of the molecule is C=Cc1ccc(CN2CCOCC2)cc1F. The molecule has 2 rings (SSSR count). The van der Waals surface area contributed by atoms with Gasteiger partial charge < -0.3 is 4.74 Å². The van der Waals surface area contributed by atoms with E-state index in [-0.39, 0.29) is 5.82 Å². The summed E-state index contributed by atoms with van der Waals surface area (Å²) in [5.74, 6) is -0.194. The molecule has 0 saturated carbocycles. The zero-order chi connectivity index (χ0) is 11.4. The monoisotopic (exact) mass is 221 g/mol. The van der Waals surface area contributed by atoms with E-state index in [0.717, 1.165) is 38.4 Å². The van der Waals surface area contributed by atoms with Gasteiger partial charge in [0.15, 0.2) is 0 Å². The fraction of sp³-hybridized carbons (Fsp3) is 0.385. The van der Waals surface area contributed by atoms with Crippen LogP contribution in [0.2, 0.25) is 0 Å². The third kappa shape index (κ3) is 2.68. The number of morpholine rings is 1. The summed E-state index contributed by atoms with van der Waals surface area (Å²) in [6, 6.07) is 5.32. The molecule has 1 aliphatic rings. The first-order chi connectivity index (χ1) is 7.79. The molecule has 0 aromatic heterocycles. The molecule has 0 unspecified atom stereocenters. The molecule has 0 spiro atoms. The van der Waals surface area contributed by atoms with Gasteiger partial charge in [-0.15, -0.1) is 0 Å². The smallest absolute Gasteiger partial charge is 0.130 e. The van der Waals surface area contributed by atoms with Gasteiger partial charge in [-0.05, 0) is 11.6 Å². The molecule has 1 saturated heterocycles. The maximum atomic E-state index is 13.5. The van der Waals surface area contributed by atoms with E-state index in [9.17, 15) is 4.39 Å². The van der Waals surface area contributed by atoms with E-state index in [1.54, 1.807) is 12.1 Å². The van der Waals surface area contributed by atoms with Gasteiger partial charge in [-0.2, -0.15) is 0 Å². The summed E-state index contributed by atoms with van der Waals surface area (Å²) in [7, 11) is 0. The lowest BCUT2D eigenvalue weighted by atomic mass is 10.1. The van der Waals surface area contributed by atoms with Crippen molar-refractivity contribution in [2.45, 2.75) is 6.54 Å². The Morgan fingerprint density at radius 1 is 1.38 bits per heavy atom. The molecule has 1 fully saturated rings. The summed E-state index contributed by atoms with van der Waals surface area (Å²) >= 11 is 0. The zero-order valence-corrected chi connectivity index (χ0v) is 9.29. The minimum Gasteiger partial charge on any atom is -0.379 e. The molecular weight excluding hydrogens is 205 g/mol.